The average molecular weight is 309 g/mol. The third-order valence-electron chi connectivity index (χ3n) is 3.54. The van der Waals surface area contributed by atoms with E-state index < -0.39 is 0 Å². The van der Waals surface area contributed by atoms with Crippen LogP contribution in [-0.4, -0.2) is 35.2 Å². The SMILES string of the molecule is CCCCc1ccc(-c2cnc(/C(C=O)=C/N(C)C)nc2)cc1. The van der Waals surface area contributed by atoms with Crippen LogP contribution in [0.3, 0.4) is 0 Å². The van der Waals surface area contributed by atoms with Crippen LogP contribution in [-0.2, 0) is 11.2 Å². The lowest BCUT2D eigenvalue weighted by Gasteiger charge is -2.07. The highest BCUT2D eigenvalue weighted by Gasteiger charge is 2.06. The molecule has 0 radical (unpaired) electrons. The Labute approximate surface area is 137 Å². The van der Waals surface area contributed by atoms with Crippen molar-refractivity contribution < 1.29 is 4.79 Å². The van der Waals surface area contributed by atoms with Crippen LogP contribution in [0.1, 0.15) is 31.2 Å². The summed E-state index contributed by atoms with van der Waals surface area (Å²) in [5.74, 6) is 0.442. The van der Waals surface area contributed by atoms with E-state index in [1.807, 2.05) is 14.1 Å². The van der Waals surface area contributed by atoms with Gasteiger partial charge >= 0.3 is 0 Å². The molecule has 0 amide bonds. The first-order valence-electron chi connectivity index (χ1n) is 7.89. The molecule has 120 valence electrons. The number of aromatic nitrogens is 2. The maximum absolute atomic E-state index is 11.1. The Balaban J connectivity index is 2.17. The smallest absolute Gasteiger partial charge is 0.163 e. The molecule has 0 spiro atoms. The van der Waals surface area contributed by atoms with Crippen molar-refractivity contribution in [1.82, 2.24) is 14.9 Å². The van der Waals surface area contributed by atoms with Gasteiger partial charge in [-0.1, -0.05) is 37.6 Å². The van der Waals surface area contributed by atoms with Crippen LogP contribution in [0, 0.1) is 0 Å². The van der Waals surface area contributed by atoms with Gasteiger partial charge in [0.05, 0.1) is 5.57 Å². The van der Waals surface area contributed by atoms with Gasteiger partial charge in [-0.15, -0.1) is 0 Å². The third kappa shape index (κ3) is 4.74. The first-order chi connectivity index (χ1) is 11.1. The zero-order chi connectivity index (χ0) is 16.7. The predicted molar refractivity (Wildman–Crippen MR) is 93.8 cm³/mol. The predicted octanol–water partition coefficient (Wildman–Crippen LogP) is 3.59. The maximum atomic E-state index is 11.1. The van der Waals surface area contributed by atoms with Crippen LogP contribution in [0.25, 0.3) is 16.7 Å². The highest BCUT2D eigenvalue weighted by molar-refractivity contribution is 6.04. The maximum Gasteiger partial charge on any atom is 0.163 e. The molecule has 0 saturated carbocycles. The van der Waals surface area contributed by atoms with Crippen molar-refractivity contribution >= 4 is 11.9 Å². The molecular formula is C19H23N3O. The highest BCUT2D eigenvalue weighted by Crippen LogP contribution is 2.20. The lowest BCUT2D eigenvalue weighted by atomic mass is 10.0. The lowest BCUT2D eigenvalue weighted by Crippen LogP contribution is -2.05. The summed E-state index contributed by atoms with van der Waals surface area (Å²) < 4.78 is 0. The Morgan fingerprint density at radius 3 is 2.26 bits per heavy atom. The van der Waals surface area contributed by atoms with E-state index in [2.05, 4.69) is 41.2 Å². The number of unbranched alkanes of at least 4 members (excludes halogenated alkanes) is 1. The molecule has 1 heterocycles. The first kappa shape index (κ1) is 16.9. The quantitative estimate of drug-likeness (QED) is 0.579. The van der Waals surface area contributed by atoms with Crippen LogP contribution >= 0.6 is 0 Å². The van der Waals surface area contributed by atoms with Gasteiger partial charge in [0.15, 0.2) is 12.1 Å². The molecule has 0 saturated heterocycles. The van der Waals surface area contributed by atoms with Gasteiger partial charge in [-0.3, -0.25) is 4.79 Å². The molecule has 0 N–H and O–H groups in total. The van der Waals surface area contributed by atoms with E-state index in [1.165, 1.54) is 18.4 Å². The van der Waals surface area contributed by atoms with Gasteiger partial charge in [-0.2, -0.15) is 0 Å². The summed E-state index contributed by atoms with van der Waals surface area (Å²) in [6.07, 6.45) is 9.54. The topological polar surface area (TPSA) is 46.1 Å². The first-order valence-corrected chi connectivity index (χ1v) is 7.89. The zero-order valence-corrected chi connectivity index (χ0v) is 14.0. The van der Waals surface area contributed by atoms with E-state index in [4.69, 9.17) is 0 Å². The van der Waals surface area contributed by atoms with Crippen LogP contribution in [0.2, 0.25) is 0 Å². The van der Waals surface area contributed by atoms with Crippen molar-refractivity contribution in [2.75, 3.05) is 14.1 Å². The Hall–Kier alpha value is -2.49. The number of carbonyl (C=O) groups excluding carboxylic acids is 1. The van der Waals surface area contributed by atoms with Crippen LogP contribution in [0.15, 0.2) is 42.9 Å². The van der Waals surface area contributed by atoms with Gasteiger partial charge < -0.3 is 4.90 Å². The normalized spacial score (nSPS) is 11.3. The minimum Gasteiger partial charge on any atom is -0.383 e. The van der Waals surface area contributed by atoms with Gasteiger partial charge in [0.25, 0.3) is 0 Å². The molecule has 0 aliphatic rings. The molecule has 2 rings (SSSR count). The van der Waals surface area contributed by atoms with E-state index in [-0.39, 0.29) is 0 Å². The summed E-state index contributed by atoms with van der Waals surface area (Å²) in [4.78, 5) is 21.6. The molecule has 0 bridgehead atoms. The van der Waals surface area contributed by atoms with Crippen molar-refractivity contribution in [2.45, 2.75) is 26.2 Å². The Kier molecular flexibility index (Phi) is 6.03. The minimum absolute atomic E-state index is 0.442. The number of allylic oxidation sites excluding steroid dienone is 1. The Morgan fingerprint density at radius 2 is 1.74 bits per heavy atom. The zero-order valence-electron chi connectivity index (χ0n) is 14.0. The summed E-state index contributed by atoms with van der Waals surface area (Å²) in [5, 5.41) is 0. The summed E-state index contributed by atoms with van der Waals surface area (Å²) >= 11 is 0. The van der Waals surface area contributed by atoms with E-state index in [1.54, 1.807) is 23.5 Å². The standard InChI is InChI=1S/C19H23N3O/c1-4-5-6-15-7-9-16(10-8-15)17-11-20-19(21-12-17)18(14-23)13-22(2)3/h7-14H,4-6H2,1-3H3/b18-13+. The van der Waals surface area contributed by atoms with E-state index in [9.17, 15) is 4.79 Å². The molecular weight excluding hydrogens is 286 g/mol. The van der Waals surface area contributed by atoms with Gasteiger partial charge in [-0.05, 0) is 24.0 Å². The Morgan fingerprint density at radius 1 is 1.09 bits per heavy atom. The fraction of sp³-hybridized carbons (Fsp3) is 0.316. The number of rotatable bonds is 7. The van der Waals surface area contributed by atoms with Crippen molar-refractivity contribution in [3.63, 3.8) is 0 Å². The van der Waals surface area contributed by atoms with Crippen molar-refractivity contribution in [1.29, 1.82) is 0 Å². The fourth-order valence-corrected chi connectivity index (χ4v) is 2.29. The third-order valence-corrected chi connectivity index (χ3v) is 3.54. The summed E-state index contributed by atoms with van der Waals surface area (Å²) in [7, 11) is 3.72. The van der Waals surface area contributed by atoms with Crippen LogP contribution < -0.4 is 0 Å². The molecule has 4 heteroatoms. The highest BCUT2D eigenvalue weighted by atomic mass is 16.1. The number of aryl methyl sites for hydroxylation is 1. The van der Waals surface area contributed by atoms with Gasteiger partial charge in [0.2, 0.25) is 0 Å². The van der Waals surface area contributed by atoms with Crippen molar-refractivity contribution in [3.05, 3.63) is 54.2 Å². The molecule has 2 aromatic rings. The summed E-state index contributed by atoms with van der Waals surface area (Å²) in [6, 6.07) is 8.50. The van der Waals surface area contributed by atoms with Crippen LogP contribution in [0.5, 0.6) is 0 Å². The number of hydrogen-bond donors (Lipinski definition) is 0. The number of hydrogen-bond acceptors (Lipinski definition) is 4. The molecule has 4 nitrogen and oxygen atoms in total. The average Bonchev–Trinajstić information content (AvgIpc) is 2.58. The Bertz CT molecular complexity index is 658. The molecule has 0 aliphatic heterocycles. The molecule has 0 atom stereocenters. The van der Waals surface area contributed by atoms with Gasteiger partial charge in [0.1, 0.15) is 0 Å². The van der Waals surface area contributed by atoms with Crippen molar-refractivity contribution in [3.8, 4) is 11.1 Å². The van der Waals surface area contributed by atoms with Gasteiger partial charge in [0, 0.05) is 38.3 Å². The number of carbonyl (C=O) groups is 1. The number of benzene rings is 1. The van der Waals surface area contributed by atoms with E-state index in [0.29, 0.717) is 11.4 Å². The second-order valence-corrected chi connectivity index (χ2v) is 5.76. The molecule has 1 aromatic heterocycles. The second-order valence-electron chi connectivity index (χ2n) is 5.76. The largest absolute Gasteiger partial charge is 0.383 e. The van der Waals surface area contributed by atoms with E-state index in [0.717, 1.165) is 23.8 Å². The molecule has 0 aliphatic carbocycles. The van der Waals surface area contributed by atoms with Crippen molar-refractivity contribution in [2.24, 2.45) is 0 Å². The number of nitrogens with zero attached hydrogens (tertiary/aromatic N) is 3. The van der Waals surface area contributed by atoms with Crippen LogP contribution in [0.4, 0.5) is 0 Å². The minimum atomic E-state index is 0.442. The monoisotopic (exact) mass is 309 g/mol. The second kappa shape index (κ2) is 8.22. The molecule has 0 fully saturated rings. The molecule has 1 aromatic carbocycles. The van der Waals surface area contributed by atoms with E-state index >= 15 is 0 Å². The number of aldehydes is 1. The lowest BCUT2D eigenvalue weighted by molar-refractivity contribution is -0.103. The summed E-state index contributed by atoms with van der Waals surface area (Å²) in [6.45, 7) is 2.20. The summed E-state index contributed by atoms with van der Waals surface area (Å²) in [5.41, 5.74) is 3.86. The molecule has 23 heavy (non-hydrogen) atoms. The van der Waals surface area contributed by atoms with Gasteiger partial charge in [-0.25, -0.2) is 9.97 Å². The molecule has 0 unspecified atom stereocenters. The fourth-order valence-electron chi connectivity index (χ4n) is 2.29.